The highest BCUT2D eigenvalue weighted by Gasteiger charge is 2.20. The van der Waals surface area contributed by atoms with E-state index in [1.54, 1.807) is 11.3 Å². The predicted octanol–water partition coefficient (Wildman–Crippen LogP) is 3.64. The smallest absolute Gasteiger partial charge is 0.259 e. The number of aryl methyl sites for hydroxylation is 3. The van der Waals surface area contributed by atoms with Crippen molar-refractivity contribution in [2.24, 2.45) is 0 Å². The fourth-order valence-electron chi connectivity index (χ4n) is 2.86. The van der Waals surface area contributed by atoms with Gasteiger partial charge in [0.15, 0.2) is 0 Å². The van der Waals surface area contributed by atoms with Crippen LogP contribution in [0.2, 0.25) is 0 Å². The molecule has 0 bridgehead atoms. The fourth-order valence-corrected chi connectivity index (χ4v) is 3.79. The Labute approximate surface area is 162 Å². The summed E-state index contributed by atoms with van der Waals surface area (Å²) in [5.74, 6) is -0.124. The van der Waals surface area contributed by atoms with Crippen molar-refractivity contribution in [3.05, 3.63) is 33.1 Å². The largest absolute Gasteiger partial charge is 0.352 e. The number of nitrogens with zero attached hydrogens (tertiary/aromatic N) is 2. The summed E-state index contributed by atoms with van der Waals surface area (Å²) in [6, 6.07) is 3.93. The minimum atomic E-state index is -0.124. The summed E-state index contributed by atoms with van der Waals surface area (Å²) in [5, 5.41) is 10.7. The Hall–Kier alpha value is -1.96. The van der Waals surface area contributed by atoms with E-state index in [0.29, 0.717) is 28.9 Å². The van der Waals surface area contributed by atoms with E-state index in [0.717, 1.165) is 24.2 Å². The molecule has 8 heteroatoms. The molecule has 3 aromatic heterocycles. The van der Waals surface area contributed by atoms with Crippen molar-refractivity contribution >= 4 is 40.8 Å². The van der Waals surface area contributed by atoms with Gasteiger partial charge in [-0.1, -0.05) is 5.16 Å². The second kappa shape index (κ2) is 8.62. The second-order valence-electron chi connectivity index (χ2n) is 6.04. The zero-order chi connectivity index (χ0) is 18.0. The first kappa shape index (κ1) is 20.4. The third-order valence-corrected chi connectivity index (χ3v) is 5.03. The van der Waals surface area contributed by atoms with E-state index in [2.05, 4.69) is 40.7 Å². The minimum Gasteiger partial charge on any atom is -0.352 e. The topological polar surface area (TPSA) is 80.0 Å². The van der Waals surface area contributed by atoms with Gasteiger partial charge in [0.25, 0.3) is 11.6 Å². The lowest BCUT2D eigenvalue weighted by molar-refractivity contribution is 0.0955. The monoisotopic (exact) mass is 394 g/mol. The number of carbonyl (C=O) groups excluding carboxylic acids is 1. The van der Waals surface area contributed by atoms with E-state index >= 15 is 0 Å². The van der Waals surface area contributed by atoms with Gasteiger partial charge in [-0.25, -0.2) is 4.98 Å². The fraction of sp³-hybridized carbons (Fsp3) is 0.389. The Bertz CT molecular complexity index is 919. The van der Waals surface area contributed by atoms with Crippen LogP contribution in [0.25, 0.3) is 22.4 Å². The zero-order valence-corrected chi connectivity index (χ0v) is 16.9. The molecule has 0 saturated heterocycles. The molecule has 0 fully saturated rings. The molecule has 1 amide bonds. The Kier molecular flexibility index (Phi) is 6.75. The van der Waals surface area contributed by atoms with E-state index in [1.807, 2.05) is 20.0 Å². The predicted molar refractivity (Wildman–Crippen MR) is 107 cm³/mol. The lowest BCUT2D eigenvalue weighted by Gasteiger charge is -2.08. The Morgan fingerprint density at radius 3 is 2.65 bits per heavy atom. The van der Waals surface area contributed by atoms with Crippen LogP contribution >= 0.6 is 23.7 Å². The first-order valence-electron chi connectivity index (χ1n) is 8.28. The molecule has 0 aromatic carbocycles. The van der Waals surface area contributed by atoms with Crippen molar-refractivity contribution in [2.45, 2.75) is 27.2 Å². The maximum atomic E-state index is 12.7. The molecule has 0 radical (unpaired) electrons. The lowest BCUT2D eigenvalue weighted by Crippen LogP contribution is -2.27. The zero-order valence-electron chi connectivity index (χ0n) is 15.3. The molecule has 3 rings (SSSR count). The van der Waals surface area contributed by atoms with E-state index in [9.17, 15) is 4.79 Å². The van der Waals surface area contributed by atoms with Crippen molar-refractivity contribution in [3.63, 3.8) is 0 Å². The van der Waals surface area contributed by atoms with Crippen LogP contribution in [0.3, 0.4) is 0 Å². The van der Waals surface area contributed by atoms with Gasteiger partial charge in [-0.3, -0.25) is 4.79 Å². The number of nitrogens with one attached hydrogen (secondary N) is 2. The van der Waals surface area contributed by atoms with Crippen LogP contribution in [-0.2, 0) is 0 Å². The van der Waals surface area contributed by atoms with Crippen LogP contribution in [0.15, 0.2) is 16.7 Å². The molecular weight excluding hydrogens is 372 g/mol. The third kappa shape index (κ3) is 4.06. The number of amides is 1. The molecule has 0 atom stereocenters. The molecule has 26 heavy (non-hydrogen) atoms. The standard InChI is InChI=1S/C18H22N4O2S.ClH/c1-10-8-13(12(3)25-10)15-9-14(17(23)20-7-5-6-19-4)16-11(2)22-24-18(16)21-15;/h8-9,19H,5-7H2,1-4H3,(H,20,23);1H. The summed E-state index contributed by atoms with van der Waals surface area (Å²) in [7, 11) is 1.90. The maximum absolute atomic E-state index is 12.7. The van der Waals surface area contributed by atoms with Gasteiger partial charge in [-0.05, 0) is 52.9 Å². The van der Waals surface area contributed by atoms with Gasteiger partial charge in [-0.2, -0.15) is 0 Å². The number of carbonyl (C=O) groups is 1. The molecule has 0 saturated carbocycles. The molecule has 6 nitrogen and oxygen atoms in total. The highest BCUT2D eigenvalue weighted by molar-refractivity contribution is 7.12. The number of halogens is 1. The summed E-state index contributed by atoms with van der Waals surface area (Å²) < 4.78 is 5.34. The summed E-state index contributed by atoms with van der Waals surface area (Å²) in [4.78, 5) is 19.7. The molecule has 0 aliphatic carbocycles. The Balaban J connectivity index is 0.00000243. The second-order valence-corrected chi connectivity index (χ2v) is 7.50. The number of pyridine rings is 1. The van der Waals surface area contributed by atoms with Crippen LogP contribution in [0, 0.1) is 20.8 Å². The van der Waals surface area contributed by atoms with Crippen LogP contribution < -0.4 is 10.6 Å². The van der Waals surface area contributed by atoms with Gasteiger partial charge in [0, 0.05) is 21.9 Å². The van der Waals surface area contributed by atoms with Gasteiger partial charge in [-0.15, -0.1) is 23.7 Å². The summed E-state index contributed by atoms with van der Waals surface area (Å²) in [6.07, 6.45) is 0.870. The highest BCUT2D eigenvalue weighted by Crippen LogP contribution is 2.32. The van der Waals surface area contributed by atoms with Gasteiger partial charge in [0.05, 0.1) is 22.3 Å². The number of rotatable bonds is 6. The third-order valence-electron chi connectivity index (χ3n) is 4.07. The van der Waals surface area contributed by atoms with Crippen LogP contribution in [0.1, 0.15) is 32.2 Å². The van der Waals surface area contributed by atoms with Gasteiger partial charge < -0.3 is 15.2 Å². The van der Waals surface area contributed by atoms with Crippen LogP contribution in [0.4, 0.5) is 0 Å². The molecule has 140 valence electrons. The quantitative estimate of drug-likeness (QED) is 0.624. The molecule has 3 aromatic rings. The number of hydrogen-bond acceptors (Lipinski definition) is 6. The van der Waals surface area contributed by atoms with Crippen molar-refractivity contribution < 1.29 is 9.32 Å². The van der Waals surface area contributed by atoms with Gasteiger partial charge in [0.2, 0.25) is 0 Å². The number of thiophene rings is 1. The van der Waals surface area contributed by atoms with Gasteiger partial charge >= 0.3 is 0 Å². The Morgan fingerprint density at radius 2 is 2.00 bits per heavy atom. The highest BCUT2D eigenvalue weighted by atomic mass is 35.5. The van der Waals surface area contributed by atoms with E-state index in [1.165, 1.54) is 9.75 Å². The SMILES string of the molecule is CNCCCNC(=O)c1cc(-c2cc(C)sc2C)nc2onc(C)c12.Cl. The Morgan fingerprint density at radius 1 is 1.23 bits per heavy atom. The summed E-state index contributed by atoms with van der Waals surface area (Å²) >= 11 is 1.71. The maximum Gasteiger partial charge on any atom is 0.259 e. The van der Waals surface area contributed by atoms with E-state index < -0.39 is 0 Å². The van der Waals surface area contributed by atoms with Crippen LogP contribution in [0.5, 0.6) is 0 Å². The first-order chi connectivity index (χ1) is 12.0. The molecule has 0 aliphatic heterocycles. The number of fused-ring (bicyclic) bond motifs is 1. The average Bonchev–Trinajstić information content (AvgIpc) is 3.12. The molecule has 3 heterocycles. The molecule has 0 aliphatic rings. The van der Waals surface area contributed by atoms with E-state index in [-0.39, 0.29) is 18.3 Å². The number of aromatic nitrogens is 2. The minimum absolute atomic E-state index is 0. The van der Waals surface area contributed by atoms with Crippen LogP contribution in [-0.4, -0.2) is 36.2 Å². The van der Waals surface area contributed by atoms with E-state index in [4.69, 9.17) is 4.52 Å². The molecule has 0 unspecified atom stereocenters. The molecular formula is C18H23ClN4O2S. The van der Waals surface area contributed by atoms with Crippen molar-refractivity contribution in [1.29, 1.82) is 0 Å². The first-order valence-corrected chi connectivity index (χ1v) is 9.10. The number of hydrogen-bond donors (Lipinski definition) is 2. The van der Waals surface area contributed by atoms with Crippen molar-refractivity contribution in [2.75, 3.05) is 20.1 Å². The van der Waals surface area contributed by atoms with Crippen molar-refractivity contribution in [3.8, 4) is 11.3 Å². The van der Waals surface area contributed by atoms with Gasteiger partial charge in [0.1, 0.15) is 0 Å². The summed E-state index contributed by atoms with van der Waals surface area (Å²) in [5.41, 5.74) is 3.41. The normalized spacial score (nSPS) is 10.8. The molecule has 2 N–H and O–H groups in total. The summed E-state index contributed by atoms with van der Waals surface area (Å²) in [6.45, 7) is 7.41. The molecule has 0 spiro atoms. The average molecular weight is 395 g/mol. The van der Waals surface area contributed by atoms with Crippen molar-refractivity contribution in [1.82, 2.24) is 20.8 Å². The lowest BCUT2D eigenvalue weighted by atomic mass is 10.1.